The monoisotopic (exact) mass is 374 g/mol. The summed E-state index contributed by atoms with van der Waals surface area (Å²) in [6, 6.07) is 13.5. The molecule has 0 bridgehead atoms. The predicted molar refractivity (Wildman–Crippen MR) is 109 cm³/mol. The summed E-state index contributed by atoms with van der Waals surface area (Å²) < 4.78 is 7.38. The summed E-state index contributed by atoms with van der Waals surface area (Å²) in [6.45, 7) is 3.91. The Morgan fingerprint density at radius 2 is 2.07 bits per heavy atom. The molecule has 0 aliphatic carbocycles. The second kappa shape index (κ2) is 7.23. The number of ether oxygens (including phenoxy) is 1. The van der Waals surface area contributed by atoms with Crippen molar-refractivity contribution in [3.63, 3.8) is 0 Å². The Kier molecular flexibility index (Phi) is 4.61. The van der Waals surface area contributed by atoms with Crippen molar-refractivity contribution in [1.82, 2.24) is 19.9 Å². The molecule has 0 saturated heterocycles. The van der Waals surface area contributed by atoms with Gasteiger partial charge in [0, 0.05) is 23.5 Å². The maximum atomic E-state index is 12.8. The number of imidazole rings is 1. The van der Waals surface area contributed by atoms with Gasteiger partial charge < -0.3 is 19.6 Å². The second-order valence-electron chi connectivity index (χ2n) is 6.83. The Labute approximate surface area is 163 Å². The van der Waals surface area contributed by atoms with E-state index in [2.05, 4.69) is 21.4 Å². The van der Waals surface area contributed by atoms with Crippen LogP contribution in [0.2, 0.25) is 0 Å². The number of rotatable bonds is 5. The topological polar surface area (TPSA) is 71.9 Å². The number of aromatic nitrogens is 3. The Morgan fingerprint density at radius 3 is 2.82 bits per heavy atom. The van der Waals surface area contributed by atoms with Crippen LogP contribution in [-0.2, 0) is 0 Å². The maximum Gasteiger partial charge on any atom is 0.251 e. The van der Waals surface area contributed by atoms with E-state index in [1.807, 2.05) is 55.1 Å². The minimum absolute atomic E-state index is 0.117. The van der Waals surface area contributed by atoms with Crippen LogP contribution in [0, 0.1) is 6.92 Å². The lowest BCUT2D eigenvalue weighted by Crippen LogP contribution is -2.26. The quantitative estimate of drug-likeness (QED) is 0.551. The molecule has 28 heavy (non-hydrogen) atoms. The molecule has 4 aromatic rings. The van der Waals surface area contributed by atoms with Gasteiger partial charge in [-0.15, -0.1) is 0 Å². The number of hydrogen-bond donors (Lipinski definition) is 2. The van der Waals surface area contributed by atoms with Gasteiger partial charge in [0.1, 0.15) is 5.75 Å². The minimum atomic E-state index is -0.145. The van der Waals surface area contributed by atoms with Crippen molar-refractivity contribution in [2.45, 2.75) is 19.9 Å². The highest BCUT2D eigenvalue weighted by Crippen LogP contribution is 2.25. The van der Waals surface area contributed by atoms with Crippen LogP contribution in [0.5, 0.6) is 5.75 Å². The van der Waals surface area contributed by atoms with Crippen LogP contribution in [0.15, 0.2) is 61.2 Å². The zero-order valence-corrected chi connectivity index (χ0v) is 16.1. The van der Waals surface area contributed by atoms with Gasteiger partial charge in [0.05, 0.1) is 30.9 Å². The summed E-state index contributed by atoms with van der Waals surface area (Å²) in [5.41, 5.74) is 4.44. The lowest BCUT2D eigenvalue weighted by atomic mass is 10.1. The molecule has 2 N–H and O–H groups in total. The molecule has 142 valence electrons. The SMILES string of the molecule is COc1cc(C(=O)NC(C)c2ccc3[nH]ccc3c2)ccc1-n1cnc(C)c1. The Balaban J connectivity index is 1.55. The van der Waals surface area contributed by atoms with Gasteiger partial charge in [-0.2, -0.15) is 0 Å². The van der Waals surface area contributed by atoms with Crippen LogP contribution < -0.4 is 10.1 Å². The van der Waals surface area contributed by atoms with Gasteiger partial charge >= 0.3 is 0 Å². The van der Waals surface area contributed by atoms with Crippen LogP contribution in [0.3, 0.4) is 0 Å². The standard InChI is InChI=1S/C22H22N4O2/c1-14-12-26(13-24-14)20-7-5-18(11-21(20)28-3)22(27)25-15(2)16-4-6-19-17(10-16)8-9-23-19/h4-13,15,23H,1-3H3,(H,25,27). The van der Waals surface area contributed by atoms with Crippen LogP contribution >= 0.6 is 0 Å². The highest BCUT2D eigenvalue weighted by atomic mass is 16.5. The minimum Gasteiger partial charge on any atom is -0.495 e. The first-order chi connectivity index (χ1) is 13.5. The number of amides is 1. The zero-order chi connectivity index (χ0) is 19.7. The molecular formula is C22H22N4O2. The second-order valence-corrected chi connectivity index (χ2v) is 6.83. The molecule has 2 aromatic carbocycles. The van der Waals surface area contributed by atoms with Gasteiger partial charge in [0.2, 0.25) is 0 Å². The fourth-order valence-corrected chi connectivity index (χ4v) is 3.29. The van der Waals surface area contributed by atoms with Crippen molar-refractivity contribution in [3.05, 3.63) is 78.0 Å². The number of aryl methyl sites for hydroxylation is 1. The number of carbonyl (C=O) groups is 1. The predicted octanol–water partition coefficient (Wildman–Crippen LogP) is 4.16. The number of fused-ring (bicyclic) bond motifs is 1. The molecule has 6 heteroatoms. The van der Waals surface area contributed by atoms with E-state index in [-0.39, 0.29) is 11.9 Å². The summed E-state index contributed by atoms with van der Waals surface area (Å²) in [7, 11) is 1.60. The number of hydrogen-bond acceptors (Lipinski definition) is 3. The lowest BCUT2D eigenvalue weighted by Gasteiger charge is -2.16. The summed E-state index contributed by atoms with van der Waals surface area (Å²) in [4.78, 5) is 20.2. The molecule has 1 amide bonds. The fraction of sp³-hybridized carbons (Fsp3) is 0.182. The van der Waals surface area contributed by atoms with E-state index in [9.17, 15) is 4.79 Å². The first kappa shape index (κ1) is 17.9. The number of aromatic amines is 1. The maximum absolute atomic E-state index is 12.8. The number of methoxy groups -OCH3 is 1. The largest absolute Gasteiger partial charge is 0.495 e. The Bertz CT molecular complexity index is 1140. The van der Waals surface area contributed by atoms with Gasteiger partial charge in [0.25, 0.3) is 5.91 Å². The molecule has 2 heterocycles. The van der Waals surface area contributed by atoms with Crippen LogP contribution in [0.1, 0.15) is 34.6 Å². The van der Waals surface area contributed by atoms with Crippen molar-refractivity contribution in [2.24, 2.45) is 0 Å². The van der Waals surface area contributed by atoms with Gasteiger partial charge in [-0.05, 0) is 61.2 Å². The van der Waals surface area contributed by atoms with E-state index >= 15 is 0 Å². The molecule has 0 saturated carbocycles. The van der Waals surface area contributed by atoms with E-state index in [0.29, 0.717) is 11.3 Å². The molecule has 0 radical (unpaired) electrons. The lowest BCUT2D eigenvalue weighted by molar-refractivity contribution is 0.0939. The van der Waals surface area contributed by atoms with Gasteiger partial charge in [0.15, 0.2) is 0 Å². The third kappa shape index (κ3) is 3.36. The molecule has 6 nitrogen and oxygen atoms in total. The zero-order valence-electron chi connectivity index (χ0n) is 16.1. The van der Waals surface area contributed by atoms with Crippen molar-refractivity contribution < 1.29 is 9.53 Å². The summed E-state index contributed by atoms with van der Waals surface area (Å²) >= 11 is 0. The Hall–Kier alpha value is -3.54. The van der Waals surface area contributed by atoms with E-state index in [4.69, 9.17) is 4.74 Å². The summed E-state index contributed by atoms with van der Waals surface area (Å²) in [5, 5.41) is 4.19. The summed E-state index contributed by atoms with van der Waals surface area (Å²) in [5.74, 6) is 0.472. The number of H-pyrrole nitrogens is 1. The van der Waals surface area contributed by atoms with Crippen LogP contribution in [0.25, 0.3) is 16.6 Å². The third-order valence-electron chi connectivity index (χ3n) is 4.86. The molecule has 0 aliphatic rings. The highest BCUT2D eigenvalue weighted by Gasteiger charge is 2.15. The molecule has 0 spiro atoms. The van der Waals surface area contributed by atoms with Crippen molar-refractivity contribution in [1.29, 1.82) is 0 Å². The van der Waals surface area contributed by atoms with Gasteiger partial charge in [-0.3, -0.25) is 4.79 Å². The third-order valence-corrected chi connectivity index (χ3v) is 4.86. The Morgan fingerprint density at radius 1 is 1.21 bits per heavy atom. The van der Waals surface area contributed by atoms with E-state index in [0.717, 1.165) is 27.8 Å². The average Bonchev–Trinajstić information content (AvgIpc) is 3.35. The van der Waals surface area contributed by atoms with E-state index < -0.39 is 0 Å². The molecule has 0 fully saturated rings. The molecule has 4 rings (SSSR count). The molecular weight excluding hydrogens is 352 g/mol. The average molecular weight is 374 g/mol. The van der Waals surface area contributed by atoms with Crippen LogP contribution in [0.4, 0.5) is 0 Å². The molecule has 1 unspecified atom stereocenters. The van der Waals surface area contributed by atoms with Gasteiger partial charge in [-0.25, -0.2) is 4.98 Å². The summed E-state index contributed by atoms with van der Waals surface area (Å²) in [6.07, 6.45) is 5.55. The number of nitrogens with zero attached hydrogens (tertiary/aromatic N) is 2. The van der Waals surface area contributed by atoms with Gasteiger partial charge in [-0.1, -0.05) is 6.07 Å². The highest BCUT2D eigenvalue weighted by molar-refractivity contribution is 5.95. The smallest absolute Gasteiger partial charge is 0.251 e. The van der Waals surface area contributed by atoms with Crippen molar-refractivity contribution >= 4 is 16.8 Å². The van der Waals surface area contributed by atoms with E-state index in [1.54, 1.807) is 25.6 Å². The number of carbonyl (C=O) groups excluding carboxylic acids is 1. The molecule has 2 aromatic heterocycles. The number of nitrogens with one attached hydrogen (secondary N) is 2. The fourth-order valence-electron chi connectivity index (χ4n) is 3.29. The van der Waals surface area contributed by atoms with E-state index in [1.165, 1.54) is 0 Å². The van der Waals surface area contributed by atoms with Crippen molar-refractivity contribution in [2.75, 3.05) is 7.11 Å². The molecule has 0 aliphatic heterocycles. The first-order valence-electron chi connectivity index (χ1n) is 9.12. The van der Waals surface area contributed by atoms with Crippen LogP contribution in [-0.4, -0.2) is 27.6 Å². The van der Waals surface area contributed by atoms with Crippen molar-refractivity contribution in [3.8, 4) is 11.4 Å². The normalized spacial score (nSPS) is 12.1. The number of benzene rings is 2. The first-order valence-corrected chi connectivity index (χ1v) is 9.12. The molecule has 1 atom stereocenters.